The Morgan fingerprint density at radius 2 is 2.33 bits per heavy atom. The zero-order valence-electron chi connectivity index (χ0n) is 11.3. The van der Waals surface area contributed by atoms with Crippen molar-refractivity contribution >= 4 is 11.3 Å². The zero-order valence-corrected chi connectivity index (χ0v) is 12.1. The summed E-state index contributed by atoms with van der Waals surface area (Å²) < 4.78 is 5.93. The van der Waals surface area contributed by atoms with E-state index >= 15 is 0 Å². The average molecular weight is 266 g/mol. The number of nitrogens with one attached hydrogen (secondary N) is 1. The van der Waals surface area contributed by atoms with Crippen LogP contribution in [0.3, 0.4) is 0 Å². The maximum Gasteiger partial charge on any atom is 0.125 e. The molecule has 0 spiro atoms. The highest BCUT2D eigenvalue weighted by Crippen LogP contribution is 2.46. The monoisotopic (exact) mass is 266 g/mol. The predicted molar refractivity (Wildman–Crippen MR) is 74.0 cm³/mol. The van der Waals surface area contributed by atoms with Crippen molar-refractivity contribution in [1.29, 1.82) is 0 Å². The van der Waals surface area contributed by atoms with Gasteiger partial charge in [0.2, 0.25) is 0 Å². The Kier molecular flexibility index (Phi) is 3.43. The van der Waals surface area contributed by atoms with E-state index in [2.05, 4.69) is 19.2 Å². The fourth-order valence-corrected chi connectivity index (χ4v) is 3.82. The van der Waals surface area contributed by atoms with Gasteiger partial charge in [-0.3, -0.25) is 0 Å². The van der Waals surface area contributed by atoms with Crippen LogP contribution in [0.1, 0.15) is 61.0 Å². The number of hydrogen-bond donors (Lipinski definition) is 1. The Balaban J connectivity index is 1.86. The van der Waals surface area contributed by atoms with Crippen LogP contribution in [0.25, 0.3) is 0 Å². The Morgan fingerprint density at radius 1 is 1.50 bits per heavy atom. The number of nitrogens with zero attached hydrogens (tertiary/aromatic N) is 1. The topological polar surface area (TPSA) is 34.1 Å². The Hall–Kier alpha value is -0.450. The molecule has 1 aliphatic carbocycles. The van der Waals surface area contributed by atoms with Gasteiger partial charge in [0.25, 0.3) is 0 Å². The molecule has 0 radical (unpaired) electrons. The number of thiazole rings is 1. The maximum atomic E-state index is 5.93. The summed E-state index contributed by atoms with van der Waals surface area (Å²) in [6.45, 7) is 7.23. The summed E-state index contributed by atoms with van der Waals surface area (Å²) in [7, 11) is 0. The fourth-order valence-electron chi connectivity index (χ4n) is 2.58. The second-order valence-corrected chi connectivity index (χ2v) is 6.65. The molecule has 1 aromatic rings. The molecule has 0 amide bonds. The molecule has 0 aromatic carbocycles. The minimum absolute atomic E-state index is 0.112. The van der Waals surface area contributed by atoms with E-state index in [0.29, 0.717) is 0 Å². The maximum absolute atomic E-state index is 5.93. The van der Waals surface area contributed by atoms with Crippen LogP contribution in [0.2, 0.25) is 0 Å². The predicted octanol–water partition coefficient (Wildman–Crippen LogP) is 3.16. The molecule has 3 nitrogen and oxygen atoms in total. The molecule has 1 N–H and O–H groups in total. The van der Waals surface area contributed by atoms with Gasteiger partial charge in [-0.05, 0) is 39.2 Å². The number of aromatic nitrogens is 1. The lowest BCUT2D eigenvalue weighted by Crippen LogP contribution is -2.19. The largest absolute Gasteiger partial charge is 0.368 e. The van der Waals surface area contributed by atoms with Crippen molar-refractivity contribution in [3.05, 3.63) is 15.6 Å². The second-order valence-electron chi connectivity index (χ2n) is 5.56. The van der Waals surface area contributed by atoms with Crippen molar-refractivity contribution in [3.8, 4) is 0 Å². The van der Waals surface area contributed by atoms with Crippen molar-refractivity contribution in [1.82, 2.24) is 10.3 Å². The zero-order chi connectivity index (χ0) is 12.6. The molecule has 18 heavy (non-hydrogen) atoms. The van der Waals surface area contributed by atoms with Crippen LogP contribution in [0.15, 0.2) is 0 Å². The minimum atomic E-state index is -0.112. The van der Waals surface area contributed by atoms with Gasteiger partial charge in [-0.25, -0.2) is 4.98 Å². The molecule has 1 unspecified atom stereocenters. The van der Waals surface area contributed by atoms with Crippen LogP contribution < -0.4 is 5.32 Å². The van der Waals surface area contributed by atoms with Crippen LogP contribution in [-0.4, -0.2) is 18.1 Å². The van der Waals surface area contributed by atoms with Crippen LogP contribution in [0.4, 0.5) is 0 Å². The van der Waals surface area contributed by atoms with E-state index in [0.717, 1.165) is 38.5 Å². The van der Waals surface area contributed by atoms with Crippen molar-refractivity contribution in [2.45, 2.75) is 57.6 Å². The van der Waals surface area contributed by atoms with E-state index in [1.165, 1.54) is 28.4 Å². The quantitative estimate of drug-likeness (QED) is 0.889. The van der Waals surface area contributed by atoms with E-state index in [1.807, 2.05) is 11.3 Å². The van der Waals surface area contributed by atoms with Crippen molar-refractivity contribution in [2.75, 3.05) is 13.2 Å². The summed E-state index contributed by atoms with van der Waals surface area (Å²) in [6.07, 6.45) is 4.92. The molecular weight excluding hydrogens is 244 g/mol. The SMILES string of the molecule is CCNCc1sc(C2(C)CCCO2)nc1C1CC1. The van der Waals surface area contributed by atoms with E-state index in [-0.39, 0.29) is 5.60 Å². The van der Waals surface area contributed by atoms with Gasteiger partial charge in [0.15, 0.2) is 0 Å². The van der Waals surface area contributed by atoms with E-state index in [4.69, 9.17) is 9.72 Å². The normalized spacial score (nSPS) is 27.9. The third-order valence-electron chi connectivity index (χ3n) is 3.90. The molecule has 100 valence electrons. The molecule has 1 saturated carbocycles. The molecular formula is C14H22N2OS. The van der Waals surface area contributed by atoms with Crippen molar-refractivity contribution in [3.63, 3.8) is 0 Å². The lowest BCUT2D eigenvalue weighted by atomic mass is 10.0. The summed E-state index contributed by atoms with van der Waals surface area (Å²) in [6, 6.07) is 0. The molecule has 3 rings (SSSR count). The van der Waals surface area contributed by atoms with E-state index in [9.17, 15) is 0 Å². The first-order chi connectivity index (χ1) is 8.73. The summed E-state index contributed by atoms with van der Waals surface area (Å²) in [4.78, 5) is 6.37. The van der Waals surface area contributed by atoms with Gasteiger partial charge in [0.05, 0.1) is 5.69 Å². The highest BCUT2D eigenvalue weighted by molar-refractivity contribution is 7.11. The summed E-state index contributed by atoms with van der Waals surface area (Å²) in [5.74, 6) is 0.730. The molecule has 1 aliphatic heterocycles. The standard InChI is InChI=1S/C14H22N2OS/c1-3-15-9-11-12(10-5-6-10)16-13(18-11)14(2)7-4-8-17-14/h10,15H,3-9H2,1-2H3. The van der Waals surface area contributed by atoms with Gasteiger partial charge in [-0.15, -0.1) is 11.3 Å². The molecule has 1 atom stereocenters. The van der Waals surface area contributed by atoms with Gasteiger partial charge < -0.3 is 10.1 Å². The highest BCUT2D eigenvalue weighted by atomic mass is 32.1. The highest BCUT2D eigenvalue weighted by Gasteiger charge is 2.38. The Labute approximate surface area is 113 Å². The fraction of sp³-hybridized carbons (Fsp3) is 0.786. The van der Waals surface area contributed by atoms with Gasteiger partial charge in [-0.2, -0.15) is 0 Å². The van der Waals surface area contributed by atoms with Gasteiger partial charge in [0.1, 0.15) is 10.6 Å². The Bertz CT molecular complexity index is 419. The molecule has 4 heteroatoms. The van der Waals surface area contributed by atoms with Crippen LogP contribution >= 0.6 is 11.3 Å². The van der Waals surface area contributed by atoms with Crippen LogP contribution in [0, 0.1) is 0 Å². The third kappa shape index (κ3) is 2.33. The summed E-state index contributed by atoms with van der Waals surface area (Å²) >= 11 is 1.87. The van der Waals surface area contributed by atoms with E-state index in [1.54, 1.807) is 0 Å². The van der Waals surface area contributed by atoms with Crippen molar-refractivity contribution < 1.29 is 4.74 Å². The average Bonchev–Trinajstić information content (AvgIpc) is 2.96. The van der Waals surface area contributed by atoms with E-state index < -0.39 is 0 Å². The van der Waals surface area contributed by atoms with Crippen LogP contribution in [0.5, 0.6) is 0 Å². The Morgan fingerprint density at radius 3 is 2.94 bits per heavy atom. The smallest absolute Gasteiger partial charge is 0.125 e. The van der Waals surface area contributed by atoms with Gasteiger partial charge in [-0.1, -0.05) is 6.92 Å². The molecule has 1 saturated heterocycles. The van der Waals surface area contributed by atoms with Gasteiger partial charge >= 0.3 is 0 Å². The summed E-state index contributed by atoms with van der Waals surface area (Å²) in [5.41, 5.74) is 1.24. The summed E-state index contributed by atoms with van der Waals surface area (Å²) in [5, 5.41) is 4.64. The minimum Gasteiger partial charge on any atom is -0.368 e. The molecule has 2 heterocycles. The molecule has 2 fully saturated rings. The van der Waals surface area contributed by atoms with Crippen molar-refractivity contribution in [2.24, 2.45) is 0 Å². The van der Waals surface area contributed by atoms with Gasteiger partial charge in [0, 0.05) is 23.9 Å². The first-order valence-corrected chi connectivity index (χ1v) is 7.89. The number of hydrogen-bond acceptors (Lipinski definition) is 4. The molecule has 2 aliphatic rings. The third-order valence-corrected chi connectivity index (χ3v) is 5.21. The lowest BCUT2D eigenvalue weighted by Gasteiger charge is -2.19. The lowest BCUT2D eigenvalue weighted by molar-refractivity contribution is 0.0165. The number of ether oxygens (including phenoxy) is 1. The number of rotatable bonds is 5. The second kappa shape index (κ2) is 4.91. The molecule has 0 bridgehead atoms. The van der Waals surface area contributed by atoms with Crippen LogP contribution in [-0.2, 0) is 16.9 Å². The first-order valence-electron chi connectivity index (χ1n) is 7.07. The first kappa shape index (κ1) is 12.6. The molecule has 1 aromatic heterocycles.